The Kier molecular flexibility index (Phi) is 8.22. The lowest BCUT2D eigenvalue weighted by Gasteiger charge is -2.28. The number of carbonyl (C=O) groups excluding carboxylic acids is 1. The van der Waals surface area contributed by atoms with Crippen molar-refractivity contribution in [2.45, 2.75) is 50.9 Å². The average molecular weight is 534 g/mol. The van der Waals surface area contributed by atoms with Gasteiger partial charge in [-0.25, -0.2) is 0 Å². The van der Waals surface area contributed by atoms with Gasteiger partial charge in [0, 0.05) is 18.1 Å². The van der Waals surface area contributed by atoms with Crippen LogP contribution < -0.4 is 0 Å². The maximum atomic E-state index is 14.3. The number of carbonyl (C=O) groups is 2. The van der Waals surface area contributed by atoms with Crippen LogP contribution in [0.1, 0.15) is 58.9 Å². The van der Waals surface area contributed by atoms with Crippen LogP contribution in [-0.2, 0) is 23.9 Å². The fourth-order valence-corrected chi connectivity index (χ4v) is 4.91. The Balaban J connectivity index is 1.63. The van der Waals surface area contributed by atoms with Gasteiger partial charge in [0.15, 0.2) is 5.69 Å². The lowest BCUT2D eigenvalue weighted by atomic mass is 9.86. The summed E-state index contributed by atoms with van der Waals surface area (Å²) in [5, 5.41) is 13.7. The molecule has 1 saturated carbocycles. The van der Waals surface area contributed by atoms with Crippen molar-refractivity contribution in [3.05, 3.63) is 88.2 Å². The van der Waals surface area contributed by atoms with Gasteiger partial charge in [-0.1, -0.05) is 54.1 Å². The number of carboxylic acid groups (broad SMARTS) is 1. The summed E-state index contributed by atoms with van der Waals surface area (Å²) in [7, 11) is 0. The fraction of sp³-hybridized carbons (Fsp3) is 0.370. The Bertz CT molecular complexity index is 1220. The standard InChI is InChI=1S/C27H27ClF3N3O3/c28-21-10-6-19(7-11-21)17-33(15-14-18-4-2-1-3-5-18)25(35)23-16-32-34(24(23)27(29,30)31)22-12-8-20(9-13-22)26(36)37/h1-7,10-11,16,20,22H,8-9,12-15,17H2,(H,36,37). The summed E-state index contributed by atoms with van der Waals surface area (Å²) in [6, 6.07) is 15.6. The van der Waals surface area contributed by atoms with Crippen LogP contribution in [-0.4, -0.2) is 38.2 Å². The second kappa shape index (κ2) is 11.4. The van der Waals surface area contributed by atoms with Gasteiger partial charge in [0.2, 0.25) is 0 Å². The van der Waals surface area contributed by atoms with Gasteiger partial charge in [-0.05, 0) is 55.4 Å². The molecule has 1 amide bonds. The van der Waals surface area contributed by atoms with E-state index < -0.39 is 41.3 Å². The molecule has 1 fully saturated rings. The summed E-state index contributed by atoms with van der Waals surface area (Å²) < 4.78 is 43.8. The zero-order valence-electron chi connectivity index (χ0n) is 20.0. The van der Waals surface area contributed by atoms with E-state index in [0.717, 1.165) is 22.0 Å². The Morgan fingerprint density at radius 2 is 1.65 bits per heavy atom. The topological polar surface area (TPSA) is 75.4 Å². The van der Waals surface area contributed by atoms with Crippen molar-refractivity contribution >= 4 is 23.5 Å². The predicted molar refractivity (Wildman–Crippen MR) is 132 cm³/mol. The smallest absolute Gasteiger partial charge is 0.433 e. The first kappa shape index (κ1) is 26.7. The number of hydrogen-bond donors (Lipinski definition) is 1. The van der Waals surface area contributed by atoms with Crippen molar-refractivity contribution in [1.82, 2.24) is 14.7 Å². The first-order chi connectivity index (χ1) is 17.6. The van der Waals surface area contributed by atoms with Crippen molar-refractivity contribution in [3.63, 3.8) is 0 Å². The number of aliphatic carboxylic acids is 1. The molecule has 0 saturated heterocycles. The second-order valence-corrected chi connectivity index (χ2v) is 9.72. The lowest BCUT2D eigenvalue weighted by Crippen LogP contribution is -2.34. The third-order valence-electron chi connectivity index (χ3n) is 6.77. The maximum absolute atomic E-state index is 14.3. The molecule has 10 heteroatoms. The number of rotatable bonds is 8. The maximum Gasteiger partial charge on any atom is 0.433 e. The van der Waals surface area contributed by atoms with E-state index in [2.05, 4.69) is 5.10 Å². The van der Waals surface area contributed by atoms with E-state index >= 15 is 0 Å². The summed E-state index contributed by atoms with van der Waals surface area (Å²) >= 11 is 5.97. The molecular formula is C27H27ClF3N3O3. The average Bonchev–Trinajstić information content (AvgIpc) is 3.34. The van der Waals surface area contributed by atoms with Crippen LogP contribution in [0.3, 0.4) is 0 Å². The van der Waals surface area contributed by atoms with E-state index in [0.29, 0.717) is 11.4 Å². The number of hydrogen-bond acceptors (Lipinski definition) is 3. The van der Waals surface area contributed by atoms with E-state index in [1.165, 1.54) is 4.90 Å². The molecular weight excluding hydrogens is 507 g/mol. The number of alkyl halides is 3. The highest BCUT2D eigenvalue weighted by Crippen LogP contribution is 2.39. The highest BCUT2D eigenvalue weighted by atomic mass is 35.5. The van der Waals surface area contributed by atoms with Gasteiger partial charge in [-0.2, -0.15) is 18.3 Å². The molecule has 0 bridgehead atoms. The van der Waals surface area contributed by atoms with Gasteiger partial charge in [0.05, 0.1) is 23.7 Å². The van der Waals surface area contributed by atoms with Crippen molar-refractivity contribution in [3.8, 4) is 0 Å². The van der Waals surface area contributed by atoms with Gasteiger partial charge >= 0.3 is 12.1 Å². The minimum absolute atomic E-state index is 0.106. The van der Waals surface area contributed by atoms with E-state index in [4.69, 9.17) is 11.6 Å². The predicted octanol–water partition coefficient (Wildman–Crippen LogP) is 6.26. The molecule has 37 heavy (non-hydrogen) atoms. The van der Waals surface area contributed by atoms with E-state index in [1.54, 1.807) is 24.3 Å². The highest BCUT2D eigenvalue weighted by Gasteiger charge is 2.43. The molecule has 0 aliphatic heterocycles. The minimum Gasteiger partial charge on any atom is -0.481 e. The largest absolute Gasteiger partial charge is 0.481 e. The molecule has 196 valence electrons. The van der Waals surface area contributed by atoms with Gasteiger partial charge in [0.1, 0.15) is 0 Å². The number of amides is 1. The van der Waals surface area contributed by atoms with Gasteiger partial charge in [0.25, 0.3) is 5.91 Å². The van der Waals surface area contributed by atoms with E-state index in [-0.39, 0.29) is 38.8 Å². The summed E-state index contributed by atoms with van der Waals surface area (Å²) in [4.78, 5) is 26.3. The highest BCUT2D eigenvalue weighted by molar-refractivity contribution is 6.30. The Morgan fingerprint density at radius 1 is 1.00 bits per heavy atom. The van der Waals surface area contributed by atoms with Crippen LogP contribution in [0.15, 0.2) is 60.8 Å². The molecule has 1 N–H and O–H groups in total. The zero-order chi connectivity index (χ0) is 26.6. The lowest BCUT2D eigenvalue weighted by molar-refractivity contribution is -0.147. The second-order valence-electron chi connectivity index (χ2n) is 9.28. The van der Waals surface area contributed by atoms with Crippen LogP contribution in [0.25, 0.3) is 0 Å². The fourth-order valence-electron chi connectivity index (χ4n) is 4.79. The number of halogens is 4. The molecule has 1 aliphatic rings. The molecule has 0 radical (unpaired) electrons. The summed E-state index contributed by atoms with van der Waals surface area (Å²) in [6.45, 7) is 0.312. The molecule has 3 aromatic rings. The molecule has 6 nitrogen and oxygen atoms in total. The molecule has 1 aromatic heterocycles. The van der Waals surface area contributed by atoms with Crippen molar-refractivity contribution < 1.29 is 27.9 Å². The molecule has 0 unspecified atom stereocenters. The van der Waals surface area contributed by atoms with Gasteiger partial charge in [-0.3, -0.25) is 14.3 Å². The number of aromatic nitrogens is 2. The third kappa shape index (κ3) is 6.52. The number of carboxylic acids is 1. The van der Waals surface area contributed by atoms with Crippen LogP contribution in [0.5, 0.6) is 0 Å². The monoisotopic (exact) mass is 533 g/mol. The first-order valence-corrected chi connectivity index (χ1v) is 12.5. The van der Waals surface area contributed by atoms with E-state index in [1.807, 2.05) is 30.3 Å². The van der Waals surface area contributed by atoms with Crippen LogP contribution in [0.2, 0.25) is 5.02 Å². The van der Waals surface area contributed by atoms with Crippen molar-refractivity contribution in [2.75, 3.05) is 6.54 Å². The minimum atomic E-state index is -4.81. The Labute approximate surface area is 217 Å². The molecule has 1 aliphatic carbocycles. The van der Waals surface area contributed by atoms with Crippen LogP contribution in [0, 0.1) is 5.92 Å². The third-order valence-corrected chi connectivity index (χ3v) is 7.03. The quantitative estimate of drug-likeness (QED) is 0.371. The Morgan fingerprint density at radius 3 is 2.24 bits per heavy atom. The summed E-state index contributed by atoms with van der Waals surface area (Å²) in [5.41, 5.74) is 0.101. The number of nitrogens with zero attached hydrogens (tertiary/aromatic N) is 3. The van der Waals surface area contributed by atoms with Crippen LogP contribution >= 0.6 is 11.6 Å². The summed E-state index contributed by atoms with van der Waals surface area (Å²) in [5.74, 6) is -2.28. The zero-order valence-corrected chi connectivity index (χ0v) is 20.8. The first-order valence-electron chi connectivity index (χ1n) is 12.1. The Hall–Kier alpha value is -3.33. The van der Waals surface area contributed by atoms with E-state index in [9.17, 15) is 27.9 Å². The number of benzene rings is 2. The molecule has 4 rings (SSSR count). The normalized spacial score (nSPS) is 17.9. The SMILES string of the molecule is O=C(O)C1CCC(n2ncc(C(=O)N(CCc3ccccc3)Cc3ccc(Cl)cc3)c2C(F)(F)F)CC1. The van der Waals surface area contributed by atoms with Gasteiger partial charge < -0.3 is 10.0 Å². The van der Waals surface area contributed by atoms with Crippen molar-refractivity contribution in [1.29, 1.82) is 0 Å². The molecule has 2 aromatic carbocycles. The molecule has 1 heterocycles. The summed E-state index contributed by atoms with van der Waals surface area (Å²) in [6.07, 6.45) is -2.33. The van der Waals surface area contributed by atoms with Crippen LogP contribution in [0.4, 0.5) is 13.2 Å². The molecule has 0 spiro atoms. The van der Waals surface area contributed by atoms with Gasteiger partial charge in [-0.15, -0.1) is 0 Å². The molecule has 0 atom stereocenters. The van der Waals surface area contributed by atoms with Crippen molar-refractivity contribution in [2.24, 2.45) is 5.92 Å².